The number of anilines is 1. The van der Waals surface area contributed by atoms with Crippen molar-refractivity contribution in [1.29, 1.82) is 0 Å². The van der Waals surface area contributed by atoms with E-state index in [-0.39, 0.29) is 66.5 Å². The molecule has 8 aliphatic rings. The van der Waals surface area contributed by atoms with E-state index in [0.29, 0.717) is 12.0 Å². The van der Waals surface area contributed by atoms with Gasteiger partial charge in [0.1, 0.15) is 126 Å². The number of phenolic OH excluding ortho intramolecular Hbond substituents is 3. The Bertz CT molecular complexity index is 6060. The molecule has 0 aliphatic carbocycles. The minimum atomic E-state index is -5.04. The van der Waals surface area contributed by atoms with Gasteiger partial charge in [-0.15, -0.1) is 13.2 Å². The maximum Gasteiger partial charge on any atom is 0.573 e. The van der Waals surface area contributed by atoms with E-state index in [2.05, 4.69) is 62.9 Å². The van der Waals surface area contributed by atoms with Crippen LogP contribution in [-0.4, -0.2) is 262 Å². The number of carboxylic acids is 1. The number of fused-ring (bicyclic) bond motifs is 15. The molecular formula is C95H106Cl2F3N13O30. The number of nitrogens with one attached hydrogen (secondary N) is 10. The first-order valence-corrected chi connectivity index (χ1v) is 45.8. The molecule has 766 valence electrons. The SMILES string of the molecule is CN[C@H](CC(C)C)C(=O)NC1C(=O)N[C@@H](CC(N)=O)C(=O)N[C@H]2C(=O)N[C@@H]3C(=O)N[C@H](C(=O)N[C@H](C(=O)O)c4cc(O)c(CNCCc5ccncc5)c(O)c4-c4cc3ccc4O)[C@H](O[C@H]3C[C@](C)(N)[C@@H](O)[C@H](C)O3)c3ccc(c(Cl)c3)Oc3cc2cc(c3O[C@@H]2O[C@H](CO)[C@@H](O[C@@H]3O[C@H](CNCc4cccc(NC(=O)c5cccc(OC(F)(F)F)c5)c4)[C@H](O)[C@H](O)[C@H]3O)[C@H](O)[C@H]2O)Oc2ccc(cc2Cl)[C@H]1O. The molecule has 23 atom stereocenters. The number of hydrogen-bond donors (Lipinski definition) is 24. The van der Waals surface area contributed by atoms with Gasteiger partial charge >= 0.3 is 12.3 Å². The number of phenols is 3. The number of amides is 8. The summed E-state index contributed by atoms with van der Waals surface area (Å²) in [5.74, 6) is -18.7. The molecule has 0 saturated carbocycles. The zero-order chi connectivity index (χ0) is 103. The minimum absolute atomic E-state index is 0.0607. The number of likely N-dealkylation sites (N-methyl/N-ethyl adjacent to an activating group) is 1. The topological polar surface area (TPSA) is 665 Å². The number of carboxylic acid groups (broad SMARTS) is 1. The number of carbonyl (C=O) groups is 9. The zero-order valence-electron chi connectivity index (χ0n) is 76.7. The third-order valence-corrected chi connectivity index (χ3v) is 25.4. The van der Waals surface area contributed by atoms with Gasteiger partial charge in [0, 0.05) is 71.9 Å². The highest BCUT2D eigenvalue weighted by atomic mass is 35.5. The molecule has 1 unspecified atom stereocenters. The lowest BCUT2D eigenvalue weighted by molar-refractivity contribution is -0.350. The Kier molecular flexibility index (Phi) is 33.4. The van der Waals surface area contributed by atoms with Crippen LogP contribution in [0.3, 0.4) is 0 Å². The number of aromatic hydroxyl groups is 3. The maximum atomic E-state index is 16.7. The molecule has 8 amide bonds. The summed E-state index contributed by atoms with van der Waals surface area (Å²) in [5, 5.41) is 168. The summed E-state index contributed by atoms with van der Waals surface area (Å²) in [7, 11) is 1.45. The first kappa shape index (κ1) is 106. The Morgan fingerprint density at radius 3 is 1.97 bits per heavy atom. The van der Waals surface area contributed by atoms with E-state index < -0.39 is 309 Å². The summed E-state index contributed by atoms with van der Waals surface area (Å²) in [4.78, 5) is 139. The van der Waals surface area contributed by atoms with Crippen LogP contribution in [0.5, 0.6) is 51.7 Å². The number of benzene rings is 7. The normalized spacial score (nSPS) is 27.5. The number of aliphatic hydroxyl groups excluding tert-OH is 8. The monoisotopic (exact) mass is 2040 g/mol. The van der Waals surface area contributed by atoms with Crippen molar-refractivity contribution in [3.63, 3.8) is 0 Å². The Labute approximate surface area is 822 Å². The van der Waals surface area contributed by atoms with E-state index in [1.54, 1.807) is 44.4 Å². The van der Waals surface area contributed by atoms with Crippen LogP contribution in [0.2, 0.25) is 10.0 Å². The summed E-state index contributed by atoms with van der Waals surface area (Å²) in [6.45, 7) is 4.69. The van der Waals surface area contributed by atoms with Crippen LogP contribution in [0.1, 0.15) is 132 Å². The number of nitrogens with zero attached hydrogens (tertiary/aromatic N) is 1. The molecule has 43 nitrogen and oxygen atoms in total. The van der Waals surface area contributed by atoms with Crippen LogP contribution < -0.4 is 83.6 Å². The van der Waals surface area contributed by atoms with Crippen molar-refractivity contribution in [2.45, 2.75) is 213 Å². The van der Waals surface area contributed by atoms with Gasteiger partial charge in [0.15, 0.2) is 30.1 Å². The van der Waals surface area contributed by atoms with Gasteiger partial charge in [-0.05, 0) is 177 Å². The number of aliphatic hydroxyl groups is 8. The maximum absolute atomic E-state index is 16.7. The van der Waals surface area contributed by atoms with Crippen molar-refractivity contribution in [3.8, 4) is 62.9 Å². The third kappa shape index (κ3) is 24.7. The molecule has 1 aromatic heterocycles. The number of aliphatic carboxylic acids is 1. The third-order valence-electron chi connectivity index (χ3n) is 24.8. The van der Waals surface area contributed by atoms with Gasteiger partial charge in [0.2, 0.25) is 53.4 Å². The highest BCUT2D eigenvalue weighted by Crippen LogP contribution is 2.51. The molecule has 0 radical (unpaired) electrons. The van der Waals surface area contributed by atoms with Gasteiger partial charge in [0.05, 0.1) is 46.9 Å². The fraction of sp³-hybridized carbons (Fsp3) is 0.411. The number of nitrogens with two attached hydrogens (primary N) is 2. The molecule has 7 aromatic carbocycles. The van der Waals surface area contributed by atoms with Gasteiger partial charge in [0.25, 0.3) is 5.91 Å². The lowest BCUT2D eigenvalue weighted by Gasteiger charge is -2.46. The second-order valence-corrected chi connectivity index (χ2v) is 36.6. The molecule has 8 aromatic rings. The number of alkyl halides is 3. The van der Waals surface area contributed by atoms with Crippen LogP contribution >= 0.6 is 23.2 Å². The smallest absolute Gasteiger partial charge is 0.507 e. The van der Waals surface area contributed by atoms with E-state index in [9.17, 15) is 93.6 Å². The molecular weight excluding hydrogens is 1930 g/mol. The first-order chi connectivity index (χ1) is 67.8. The van der Waals surface area contributed by atoms with Gasteiger partial charge in [-0.3, -0.25) is 43.3 Å². The Morgan fingerprint density at radius 2 is 1.31 bits per heavy atom. The quantitative estimate of drug-likeness (QED) is 0.0329. The number of halogens is 5. The zero-order valence-corrected chi connectivity index (χ0v) is 78.2. The Hall–Kier alpha value is -12.8. The van der Waals surface area contributed by atoms with Crippen molar-refractivity contribution in [2.75, 3.05) is 32.1 Å². The van der Waals surface area contributed by atoms with Crippen molar-refractivity contribution in [3.05, 3.63) is 206 Å². The van der Waals surface area contributed by atoms with E-state index in [0.717, 1.165) is 78.4 Å². The summed E-state index contributed by atoms with van der Waals surface area (Å²) in [6.07, 6.45) is -32.1. The number of hydrogen-bond acceptors (Lipinski definition) is 34. The number of carbonyl (C=O) groups excluding carboxylic acids is 8. The summed E-state index contributed by atoms with van der Waals surface area (Å²) >= 11 is 14.6. The van der Waals surface area contributed by atoms with E-state index in [4.69, 9.17) is 72.6 Å². The van der Waals surface area contributed by atoms with E-state index in [1.165, 1.54) is 63.4 Å². The minimum Gasteiger partial charge on any atom is -0.507 e. The van der Waals surface area contributed by atoms with Crippen LogP contribution in [0.4, 0.5) is 18.9 Å². The van der Waals surface area contributed by atoms with Crippen molar-refractivity contribution in [2.24, 2.45) is 17.4 Å². The lowest BCUT2D eigenvalue weighted by Crippen LogP contribution is -2.65. The van der Waals surface area contributed by atoms with Crippen LogP contribution in [0.25, 0.3) is 11.1 Å². The largest absolute Gasteiger partial charge is 0.573 e. The number of rotatable bonds is 27. The fourth-order valence-electron chi connectivity index (χ4n) is 17.4. The van der Waals surface area contributed by atoms with E-state index >= 15 is 24.0 Å². The Balaban J connectivity index is 0.893. The number of ether oxygens (including phenoxy) is 9. The Morgan fingerprint density at radius 1 is 0.657 bits per heavy atom. The molecule has 3 fully saturated rings. The molecule has 11 bridgehead atoms. The van der Waals surface area contributed by atoms with Gasteiger partial charge in [-0.25, -0.2) is 4.79 Å². The van der Waals surface area contributed by atoms with E-state index in [1.807, 2.05) is 0 Å². The molecule has 8 aliphatic heterocycles. The molecule has 9 heterocycles. The average molecular weight is 2040 g/mol. The van der Waals surface area contributed by atoms with Crippen molar-refractivity contribution in [1.82, 2.24) is 52.8 Å². The number of primary amides is 1. The summed E-state index contributed by atoms with van der Waals surface area (Å²) < 4.78 is 94.5. The number of aromatic nitrogens is 1. The molecule has 3 saturated heterocycles. The highest BCUT2D eigenvalue weighted by molar-refractivity contribution is 6.32. The van der Waals surface area contributed by atoms with Crippen molar-refractivity contribution >= 4 is 82.1 Å². The average Bonchev–Trinajstić information content (AvgIpc) is 0.765. The molecule has 16 rings (SSSR count). The molecule has 48 heteroatoms. The molecule has 143 heavy (non-hydrogen) atoms. The van der Waals surface area contributed by atoms with Crippen LogP contribution in [0.15, 0.2) is 146 Å². The second-order valence-electron chi connectivity index (χ2n) is 35.7. The first-order valence-electron chi connectivity index (χ1n) is 45.1. The summed E-state index contributed by atoms with van der Waals surface area (Å²) in [6, 6.07) is 11.6. The fourth-order valence-corrected chi connectivity index (χ4v) is 17.8. The van der Waals surface area contributed by atoms with Crippen molar-refractivity contribution < 1.29 is 160 Å². The van der Waals surface area contributed by atoms with Crippen LogP contribution in [-0.2, 0) is 81.6 Å². The lowest BCUT2D eigenvalue weighted by atomic mass is 9.86. The standard InChI is InChI=1S/C95H106Cl2F3N13O30/c1-39(2)24-55(103-5)85(127)112-71-73(118)44-13-16-59(53(96)28-44)136-61-30-47-31-62(81(61)141-93-79(124)77(122)82(64(38-114)139-93)142-92-78(123)76(121)75(120)63(138-92)37-106-35-42-8-6-10-48(25-42)107-84(126)46-9-7-11-49(26-46)143-95(98,99)100)137-60-17-14-45(29-54(60)97)80(140-66-34-94(4,102)83(125)40(3)135-66)72-90(132)111-70(91(133)134)51-32-58(116)52(36-105-23-20-41-18-21-104-22-19-41)74(119)67(51)50-27-43(12-15-57(50)115)68(87(129)113-72)110-88(130)69(47)109-86(128)56(33-65(101)117)108-89(71)131/h6-19,21-22,25-32,39-40,55-56,63-64,66,68-73,75-80,82-83,92-93,103,105-106,114-116,118-125H,20,23-24,33-38,102H2,1-5H3,(H2,101,117)(H,107,126)(H,108,131)(H,109,128)(H,110,130)(H,111,132)(H,112,127)(H,113,129)(H,133,134)/t40-,55+,56-,63+,64+,66-,68-,69+,70-,71?,72-,73+,75-,76-,77+,78+,79+,80+,82+,83-,92-,93-,94-/m0/s1. The molecule has 26 N–H and O–H groups in total. The van der Waals surface area contributed by atoms with Gasteiger partial charge in [-0.1, -0.05) is 73.4 Å². The van der Waals surface area contributed by atoms with Gasteiger partial charge < -0.3 is 169 Å². The summed E-state index contributed by atoms with van der Waals surface area (Å²) in [5.41, 5.74) is 8.81. The molecule has 0 spiro atoms. The predicted octanol–water partition coefficient (Wildman–Crippen LogP) is 2.61. The van der Waals surface area contributed by atoms with Gasteiger partial charge in [-0.2, -0.15) is 0 Å². The second kappa shape index (κ2) is 45.0. The highest BCUT2D eigenvalue weighted by Gasteiger charge is 2.54. The van der Waals surface area contributed by atoms with Crippen LogP contribution in [0, 0.1) is 5.92 Å². The number of pyridine rings is 1. The predicted molar refractivity (Wildman–Crippen MR) is 494 cm³/mol.